The van der Waals surface area contributed by atoms with Gasteiger partial charge in [-0.15, -0.1) is 0 Å². The third-order valence-corrected chi connectivity index (χ3v) is 9.36. The summed E-state index contributed by atoms with van der Waals surface area (Å²) in [6.45, 7) is 6.55. The first-order valence-electron chi connectivity index (χ1n) is 21.0. The van der Waals surface area contributed by atoms with Crippen molar-refractivity contribution in [2.75, 3.05) is 13.2 Å². The van der Waals surface area contributed by atoms with Crippen molar-refractivity contribution >= 4 is 17.9 Å². The Morgan fingerprint density at radius 3 is 0.833 bits per heavy atom. The summed E-state index contributed by atoms with van der Waals surface area (Å²) >= 11 is 0. The molecule has 0 spiro atoms. The smallest absolute Gasteiger partial charge is 0.306 e. The summed E-state index contributed by atoms with van der Waals surface area (Å²) in [4.78, 5) is 37.3. The third kappa shape index (κ3) is 35.7. The van der Waals surface area contributed by atoms with Crippen LogP contribution in [0.1, 0.15) is 233 Å². The minimum atomic E-state index is -0.755. The molecule has 0 aliphatic rings. The van der Waals surface area contributed by atoms with Gasteiger partial charge < -0.3 is 14.2 Å². The number of carbonyl (C=O) groups is 3. The maximum absolute atomic E-state index is 12.6. The number of hydrogen-bond acceptors (Lipinski definition) is 6. The Morgan fingerprint density at radius 2 is 0.562 bits per heavy atom. The minimum Gasteiger partial charge on any atom is -0.462 e. The lowest BCUT2D eigenvalue weighted by Crippen LogP contribution is -2.30. The highest BCUT2D eigenvalue weighted by atomic mass is 16.6. The molecule has 0 aromatic rings. The fourth-order valence-electron chi connectivity index (χ4n) is 6.15. The summed E-state index contributed by atoms with van der Waals surface area (Å²) < 4.78 is 16.5. The van der Waals surface area contributed by atoms with Gasteiger partial charge in [0.1, 0.15) is 13.2 Å². The van der Waals surface area contributed by atoms with Gasteiger partial charge in [0, 0.05) is 19.3 Å². The molecule has 0 N–H and O–H groups in total. The molecule has 0 aromatic heterocycles. The summed E-state index contributed by atoms with van der Waals surface area (Å²) in [6.07, 6.45) is 36.8. The van der Waals surface area contributed by atoms with Crippen molar-refractivity contribution in [2.45, 2.75) is 239 Å². The molecule has 0 amide bonds. The summed E-state index contributed by atoms with van der Waals surface area (Å²) in [5.74, 6) is -0.871. The summed E-state index contributed by atoms with van der Waals surface area (Å²) in [7, 11) is 0. The summed E-state index contributed by atoms with van der Waals surface area (Å²) in [5.41, 5.74) is 0. The fourth-order valence-corrected chi connectivity index (χ4v) is 6.15. The number of hydrogen-bond donors (Lipinski definition) is 0. The molecular weight excluding hydrogens is 600 g/mol. The van der Waals surface area contributed by atoms with Gasteiger partial charge in [-0.2, -0.15) is 0 Å². The number of rotatable bonds is 38. The highest BCUT2D eigenvalue weighted by molar-refractivity contribution is 5.71. The number of esters is 3. The summed E-state index contributed by atoms with van der Waals surface area (Å²) in [6, 6.07) is 0. The van der Waals surface area contributed by atoms with Gasteiger partial charge in [0.2, 0.25) is 0 Å². The highest BCUT2D eigenvalue weighted by Crippen LogP contribution is 2.15. The van der Waals surface area contributed by atoms with Crippen molar-refractivity contribution in [1.82, 2.24) is 0 Å². The lowest BCUT2D eigenvalue weighted by Gasteiger charge is -2.18. The molecule has 0 aliphatic carbocycles. The second-order valence-corrected chi connectivity index (χ2v) is 14.3. The van der Waals surface area contributed by atoms with Crippen molar-refractivity contribution in [1.29, 1.82) is 0 Å². The Bertz CT molecular complexity index is 708. The molecule has 0 heterocycles. The van der Waals surface area contributed by atoms with E-state index >= 15 is 0 Å². The van der Waals surface area contributed by atoms with E-state index in [2.05, 4.69) is 20.8 Å². The first-order chi connectivity index (χ1) is 23.5. The predicted molar refractivity (Wildman–Crippen MR) is 201 cm³/mol. The quantitative estimate of drug-likeness (QED) is 0.0367. The van der Waals surface area contributed by atoms with Gasteiger partial charge in [-0.3, -0.25) is 14.4 Å². The summed E-state index contributed by atoms with van der Waals surface area (Å²) in [5, 5.41) is 0. The van der Waals surface area contributed by atoms with Crippen molar-refractivity contribution in [3.63, 3.8) is 0 Å². The van der Waals surface area contributed by atoms with Crippen LogP contribution >= 0.6 is 0 Å². The van der Waals surface area contributed by atoms with E-state index in [1.54, 1.807) is 0 Å². The van der Waals surface area contributed by atoms with Crippen LogP contribution in [-0.2, 0) is 28.6 Å². The van der Waals surface area contributed by atoms with Crippen molar-refractivity contribution < 1.29 is 28.6 Å². The van der Waals surface area contributed by atoms with E-state index in [1.807, 2.05) is 0 Å². The molecule has 48 heavy (non-hydrogen) atoms. The average Bonchev–Trinajstić information content (AvgIpc) is 3.08. The molecule has 6 nitrogen and oxygen atoms in total. The van der Waals surface area contributed by atoms with Crippen LogP contribution < -0.4 is 0 Å². The molecule has 0 fully saturated rings. The van der Waals surface area contributed by atoms with Crippen LogP contribution in [0.25, 0.3) is 0 Å². The molecule has 0 rings (SSSR count). The van der Waals surface area contributed by atoms with E-state index in [1.165, 1.54) is 128 Å². The lowest BCUT2D eigenvalue weighted by atomic mass is 10.0. The monoisotopic (exact) mass is 681 g/mol. The van der Waals surface area contributed by atoms with Crippen molar-refractivity contribution in [2.24, 2.45) is 0 Å². The minimum absolute atomic E-state index is 0.0643. The van der Waals surface area contributed by atoms with Gasteiger partial charge in [0.25, 0.3) is 0 Å². The number of unbranched alkanes of at least 4 members (excludes halogenated alkanes) is 27. The molecule has 0 bridgehead atoms. The zero-order valence-electron chi connectivity index (χ0n) is 32.3. The average molecular weight is 681 g/mol. The Kier molecular flexibility index (Phi) is 36.9. The molecule has 0 saturated carbocycles. The van der Waals surface area contributed by atoms with E-state index in [-0.39, 0.29) is 31.1 Å². The zero-order chi connectivity index (χ0) is 35.2. The highest BCUT2D eigenvalue weighted by Gasteiger charge is 2.19. The van der Waals surface area contributed by atoms with Crippen molar-refractivity contribution in [3.05, 3.63) is 0 Å². The third-order valence-electron chi connectivity index (χ3n) is 9.36. The maximum Gasteiger partial charge on any atom is 0.306 e. The Morgan fingerprint density at radius 1 is 0.333 bits per heavy atom. The molecule has 0 radical (unpaired) electrons. The number of ether oxygens (including phenoxy) is 3. The van der Waals surface area contributed by atoms with Gasteiger partial charge in [0.05, 0.1) is 0 Å². The molecule has 1 unspecified atom stereocenters. The second kappa shape index (κ2) is 38.2. The van der Waals surface area contributed by atoms with Crippen LogP contribution in [0.2, 0.25) is 0 Å². The normalized spacial score (nSPS) is 11.8. The zero-order valence-corrected chi connectivity index (χ0v) is 32.3. The number of carbonyl (C=O) groups excluding carboxylic acids is 3. The van der Waals surface area contributed by atoms with Crippen LogP contribution in [0.4, 0.5) is 0 Å². The van der Waals surface area contributed by atoms with Gasteiger partial charge >= 0.3 is 17.9 Å². The van der Waals surface area contributed by atoms with Crippen LogP contribution in [-0.4, -0.2) is 37.2 Å². The van der Waals surface area contributed by atoms with E-state index in [0.717, 1.165) is 64.2 Å². The Labute approximate surface area is 298 Å². The van der Waals surface area contributed by atoms with Gasteiger partial charge in [-0.25, -0.2) is 0 Å². The van der Waals surface area contributed by atoms with E-state index < -0.39 is 6.10 Å². The first kappa shape index (κ1) is 46.4. The van der Waals surface area contributed by atoms with Gasteiger partial charge in [0.15, 0.2) is 6.10 Å². The van der Waals surface area contributed by atoms with Gasteiger partial charge in [-0.05, 0) is 19.3 Å². The van der Waals surface area contributed by atoms with Crippen LogP contribution in [0.5, 0.6) is 0 Å². The molecule has 284 valence electrons. The fraction of sp³-hybridized carbons (Fsp3) is 0.929. The largest absolute Gasteiger partial charge is 0.462 e. The van der Waals surface area contributed by atoms with Crippen molar-refractivity contribution in [3.8, 4) is 0 Å². The molecule has 0 aromatic carbocycles. The van der Waals surface area contributed by atoms with Crippen LogP contribution in [0, 0.1) is 0 Å². The lowest BCUT2D eigenvalue weighted by molar-refractivity contribution is -0.167. The second-order valence-electron chi connectivity index (χ2n) is 14.3. The van der Waals surface area contributed by atoms with E-state index in [0.29, 0.717) is 19.3 Å². The first-order valence-corrected chi connectivity index (χ1v) is 21.0. The molecular formula is C42H80O6. The SMILES string of the molecule is CCCCCCCCCCCCCCCCC(=O)OCC(COC(=O)CCCCCCC)OC(=O)CCCCCCCCCCCCC. The van der Waals surface area contributed by atoms with E-state index in [9.17, 15) is 14.4 Å². The molecule has 1 atom stereocenters. The topological polar surface area (TPSA) is 78.9 Å². The molecule has 6 heteroatoms. The van der Waals surface area contributed by atoms with Crippen LogP contribution in [0.15, 0.2) is 0 Å². The van der Waals surface area contributed by atoms with Crippen LogP contribution in [0.3, 0.4) is 0 Å². The van der Waals surface area contributed by atoms with E-state index in [4.69, 9.17) is 14.2 Å². The van der Waals surface area contributed by atoms with Gasteiger partial charge in [-0.1, -0.05) is 194 Å². The molecule has 0 saturated heterocycles. The Hall–Kier alpha value is -1.59. The molecule has 0 aliphatic heterocycles. The predicted octanol–water partition coefficient (Wildman–Crippen LogP) is 12.9. The maximum atomic E-state index is 12.6. The Balaban J connectivity index is 4.20. The standard InChI is InChI=1S/C42H80O6/c1-4-7-10-13-15-17-19-20-21-23-24-26-29-32-35-41(44)47-38-39(37-46-40(43)34-31-28-12-9-6-3)48-42(45)36-33-30-27-25-22-18-16-14-11-8-5-2/h39H,4-38H2,1-3H3.